The number of thiophene rings is 1. The number of hydrogen-bond acceptors (Lipinski definition) is 5. The van der Waals surface area contributed by atoms with E-state index in [2.05, 4.69) is 38.7 Å². The SMILES string of the molecule is Cc1ccc(CN2CCCC3(CC(n4cnnc4)CO3)C2)s1. The third-order valence-electron chi connectivity index (χ3n) is 4.84. The Morgan fingerprint density at radius 3 is 3.00 bits per heavy atom. The fraction of sp³-hybridized carbons (Fsp3) is 0.625. The zero-order valence-corrected chi connectivity index (χ0v) is 13.8. The van der Waals surface area contributed by atoms with Gasteiger partial charge in [0.1, 0.15) is 12.7 Å². The molecule has 4 rings (SSSR count). The Kier molecular flexibility index (Phi) is 3.76. The van der Waals surface area contributed by atoms with E-state index in [1.54, 1.807) is 0 Å². The summed E-state index contributed by atoms with van der Waals surface area (Å²) in [6.45, 7) is 6.24. The quantitative estimate of drug-likeness (QED) is 0.872. The first kappa shape index (κ1) is 14.4. The number of hydrogen-bond donors (Lipinski definition) is 0. The van der Waals surface area contributed by atoms with Gasteiger partial charge in [-0.25, -0.2) is 0 Å². The Labute approximate surface area is 134 Å². The summed E-state index contributed by atoms with van der Waals surface area (Å²) in [5, 5.41) is 7.84. The number of aromatic nitrogens is 3. The summed E-state index contributed by atoms with van der Waals surface area (Å²) in [5.41, 5.74) is 0.0273. The molecule has 2 unspecified atom stereocenters. The lowest BCUT2D eigenvalue weighted by molar-refractivity contribution is -0.0532. The topological polar surface area (TPSA) is 43.2 Å². The molecule has 0 bridgehead atoms. The van der Waals surface area contributed by atoms with E-state index < -0.39 is 0 Å². The van der Waals surface area contributed by atoms with Gasteiger partial charge in [-0.05, 0) is 38.4 Å². The van der Waals surface area contributed by atoms with Crippen LogP contribution in [0.5, 0.6) is 0 Å². The highest BCUT2D eigenvalue weighted by Crippen LogP contribution is 2.39. The van der Waals surface area contributed by atoms with Crippen molar-refractivity contribution in [3.63, 3.8) is 0 Å². The second-order valence-corrected chi connectivity index (χ2v) is 7.96. The number of likely N-dealkylation sites (tertiary alicyclic amines) is 1. The summed E-state index contributed by atoms with van der Waals surface area (Å²) in [4.78, 5) is 5.41. The molecule has 2 saturated heterocycles. The van der Waals surface area contributed by atoms with Gasteiger partial charge >= 0.3 is 0 Å². The van der Waals surface area contributed by atoms with Crippen molar-refractivity contribution in [2.45, 2.75) is 44.4 Å². The van der Waals surface area contributed by atoms with Gasteiger partial charge in [0.15, 0.2) is 0 Å². The Morgan fingerprint density at radius 2 is 2.23 bits per heavy atom. The van der Waals surface area contributed by atoms with Crippen LogP contribution < -0.4 is 0 Å². The van der Waals surface area contributed by atoms with Crippen molar-refractivity contribution in [2.75, 3.05) is 19.7 Å². The molecule has 2 fully saturated rings. The van der Waals surface area contributed by atoms with E-state index in [1.807, 2.05) is 24.0 Å². The molecule has 0 amide bonds. The number of ether oxygens (including phenoxy) is 1. The van der Waals surface area contributed by atoms with E-state index in [1.165, 1.54) is 29.1 Å². The lowest BCUT2D eigenvalue weighted by Crippen LogP contribution is -2.47. The van der Waals surface area contributed by atoms with E-state index in [4.69, 9.17) is 4.74 Å². The lowest BCUT2D eigenvalue weighted by Gasteiger charge is -2.39. The fourth-order valence-electron chi connectivity index (χ4n) is 3.81. The smallest absolute Gasteiger partial charge is 0.119 e. The molecular formula is C16H22N4OS. The molecule has 0 aliphatic carbocycles. The molecule has 0 N–H and O–H groups in total. The van der Waals surface area contributed by atoms with Gasteiger partial charge in [-0.2, -0.15) is 0 Å². The van der Waals surface area contributed by atoms with E-state index in [0.717, 1.165) is 26.1 Å². The minimum atomic E-state index is 0.0273. The van der Waals surface area contributed by atoms with Crippen LogP contribution in [-0.4, -0.2) is 45.0 Å². The standard InChI is InChI=1S/C16H22N4OS/c1-13-3-4-15(22-13)8-19-6-2-5-16(10-19)7-14(9-21-16)20-11-17-18-12-20/h3-4,11-12,14H,2,5-10H2,1H3. The highest BCUT2D eigenvalue weighted by atomic mass is 32.1. The highest BCUT2D eigenvalue weighted by Gasteiger charge is 2.43. The van der Waals surface area contributed by atoms with E-state index in [0.29, 0.717) is 6.04 Å². The second-order valence-electron chi connectivity index (χ2n) is 6.59. The predicted molar refractivity (Wildman–Crippen MR) is 85.9 cm³/mol. The van der Waals surface area contributed by atoms with Crippen molar-refractivity contribution < 1.29 is 4.74 Å². The molecule has 2 aliphatic rings. The highest BCUT2D eigenvalue weighted by molar-refractivity contribution is 7.11. The molecule has 0 radical (unpaired) electrons. The third-order valence-corrected chi connectivity index (χ3v) is 5.83. The van der Waals surface area contributed by atoms with Crippen LogP contribution in [0.25, 0.3) is 0 Å². The molecule has 6 heteroatoms. The summed E-state index contributed by atoms with van der Waals surface area (Å²) in [5.74, 6) is 0. The van der Waals surface area contributed by atoms with Crippen molar-refractivity contribution in [3.8, 4) is 0 Å². The minimum absolute atomic E-state index is 0.0273. The van der Waals surface area contributed by atoms with Gasteiger partial charge in [-0.15, -0.1) is 21.5 Å². The normalized spacial score (nSPS) is 29.4. The number of rotatable bonds is 3. The lowest BCUT2D eigenvalue weighted by atomic mass is 9.88. The number of aryl methyl sites for hydroxylation is 1. The van der Waals surface area contributed by atoms with Crippen molar-refractivity contribution in [2.24, 2.45) is 0 Å². The van der Waals surface area contributed by atoms with Crippen molar-refractivity contribution in [1.29, 1.82) is 0 Å². The van der Waals surface area contributed by atoms with Crippen LogP contribution in [0.3, 0.4) is 0 Å². The molecule has 2 aromatic heterocycles. The predicted octanol–water partition coefficient (Wildman–Crippen LogP) is 2.64. The maximum atomic E-state index is 6.28. The summed E-state index contributed by atoms with van der Waals surface area (Å²) in [7, 11) is 0. The van der Waals surface area contributed by atoms with Crippen molar-refractivity contribution in [3.05, 3.63) is 34.5 Å². The van der Waals surface area contributed by atoms with Gasteiger partial charge in [-0.1, -0.05) is 0 Å². The minimum Gasteiger partial charge on any atom is -0.371 e. The first-order chi connectivity index (χ1) is 10.7. The van der Waals surface area contributed by atoms with E-state index >= 15 is 0 Å². The van der Waals surface area contributed by atoms with E-state index in [-0.39, 0.29) is 5.60 Å². The van der Waals surface area contributed by atoms with Crippen molar-refractivity contribution in [1.82, 2.24) is 19.7 Å². The van der Waals surface area contributed by atoms with Crippen LogP contribution in [0.15, 0.2) is 24.8 Å². The first-order valence-electron chi connectivity index (χ1n) is 7.98. The molecule has 2 aromatic rings. The molecule has 0 saturated carbocycles. The summed E-state index contributed by atoms with van der Waals surface area (Å²) >= 11 is 1.91. The summed E-state index contributed by atoms with van der Waals surface area (Å²) < 4.78 is 8.37. The van der Waals surface area contributed by atoms with Crippen molar-refractivity contribution >= 4 is 11.3 Å². The zero-order chi connectivity index (χ0) is 15.0. The van der Waals surface area contributed by atoms with Gasteiger partial charge in [-0.3, -0.25) is 4.90 Å². The zero-order valence-electron chi connectivity index (χ0n) is 12.9. The number of piperidine rings is 1. The average molecular weight is 318 g/mol. The maximum Gasteiger partial charge on any atom is 0.119 e. The molecule has 118 valence electrons. The Hall–Kier alpha value is -1.24. The molecular weight excluding hydrogens is 296 g/mol. The van der Waals surface area contributed by atoms with Crippen LogP contribution in [-0.2, 0) is 11.3 Å². The van der Waals surface area contributed by atoms with E-state index in [9.17, 15) is 0 Å². The third kappa shape index (κ3) is 2.83. The number of nitrogens with zero attached hydrogens (tertiary/aromatic N) is 4. The molecule has 22 heavy (non-hydrogen) atoms. The van der Waals surface area contributed by atoms with Crippen LogP contribution in [0, 0.1) is 6.92 Å². The van der Waals surface area contributed by atoms with Crippen LogP contribution in [0.4, 0.5) is 0 Å². The van der Waals surface area contributed by atoms with Crippen LogP contribution in [0.2, 0.25) is 0 Å². The summed E-state index contributed by atoms with van der Waals surface area (Å²) in [6, 6.07) is 4.86. The summed E-state index contributed by atoms with van der Waals surface area (Å²) in [6.07, 6.45) is 7.08. The fourth-order valence-corrected chi connectivity index (χ4v) is 4.74. The molecule has 4 heterocycles. The Morgan fingerprint density at radius 1 is 1.36 bits per heavy atom. The largest absolute Gasteiger partial charge is 0.371 e. The van der Waals surface area contributed by atoms with Crippen LogP contribution in [0.1, 0.15) is 35.1 Å². The first-order valence-corrected chi connectivity index (χ1v) is 8.80. The van der Waals surface area contributed by atoms with Gasteiger partial charge in [0.05, 0.1) is 18.2 Å². The molecule has 2 aliphatic heterocycles. The monoisotopic (exact) mass is 318 g/mol. The Balaban J connectivity index is 1.42. The maximum absolute atomic E-state index is 6.28. The molecule has 2 atom stereocenters. The molecule has 1 spiro atoms. The van der Waals surface area contributed by atoms with Gasteiger partial charge in [0.2, 0.25) is 0 Å². The molecule has 0 aromatic carbocycles. The average Bonchev–Trinajstić information content (AvgIpc) is 3.21. The van der Waals surface area contributed by atoms with Gasteiger partial charge in [0, 0.05) is 29.3 Å². The Bertz CT molecular complexity index is 626. The molecule has 5 nitrogen and oxygen atoms in total. The van der Waals surface area contributed by atoms with Gasteiger partial charge in [0.25, 0.3) is 0 Å². The van der Waals surface area contributed by atoms with Gasteiger partial charge < -0.3 is 9.30 Å². The second kappa shape index (κ2) is 5.76. The van der Waals surface area contributed by atoms with Crippen LogP contribution >= 0.6 is 11.3 Å².